The van der Waals surface area contributed by atoms with Gasteiger partial charge in [0.1, 0.15) is 6.26 Å². The van der Waals surface area contributed by atoms with Crippen molar-refractivity contribution in [2.24, 2.45) is 4.99 Å². The lowest BCUT2D eigenvalue weighted by molar-refractivity contribution is 0.572. The minimum atomic E-state index is 0. The fraction of sp³-hybridized carbons (Fsp3) is 0.217. The number of hydrogen-bond acceptors (Lipinski definition) is 3. The average molecular weight is 515 g/mol. The Bertz CT molecular complexity index is 1090. The van der Waals surface area contributed by atoms with E-state index in [1.807, 2.05) is 30.3 Å². The van der Waals surface area contributed by atoms with Crippen molar-refractivity contribution in [3.05, 3.63) is 78.3 Å². The second kappa shape index (κ2) is 10.8. The highest BCUT2D eigenvalue weighted by molar-refractivity contribution is 14.0. The normalized spacial score (nSPS) is 11.3. The maximum atomic E-state index is 5.58. The van der Waals surface area contributed by atoms with Gasteiger partial charge in [0.15, 0.2) is 5.96 Å². The van der Waals surface area contributed by atoms with Gasteiger partial charge in [-0.2, -0.15) is 0 Å². The highest BCUT2D eigenvalue weighted by Gasteiger charge is 2.07. The van der Waals surface area contributed by atoms with Crippen LogP contribution in [0.25, 0.3) is 22.4 Å². The fourth-order valence-corrected chi connectivity index (χ4v) is 3.32. The number of nitrogens with zero attached hydrogens (tertiary/aromatic N) is 2. The first-order chi connectivity index (χ1) is 14.3. The Kier molecular flexibility index (Phi) is 7.89. The van der Waals surface area contributed by atoms with E-state index in [0.29, 0.717) is 12.4 Å². The third-order valence-electron chi connectivity index (χ3n) is 4.82. The van der Waals surface area contributed by atoms with E-state index < -0.39 is 0 Å². The molecule has 0 spiro atoms. The number of nitrogens with one attached hydrogen (secondary N) is 3. The summed E-state index contributed by atoms with van der Waals surface area (Å²) in [5.74, 6) is 1.39. The molecular weight excluding hydrogens is 489 g/mol. The monoisotopic (exact) mass is 515 g/mol. The Morgan fingerprint density at radius 1 is 1.07 bits per heavy atom. The van der Waals surface area contributed by atoms with Gasteiger partial charge >= 0.3 is 0 Å². The molecule has 2 aromatic carbocycles. The molecular formula is C23H26IN5O. The number of aliphatic imine (C=N–C) groups is 1. The van der Waals surface area contributed by atoms with Gasteiger partial charge < -0.3 is 20.0 Å². The molecule has 0 bridgehead atoms. The molecule has 7 heteroatoms. The van der Waals surface area contributed by atoms with Crippen LogP contribution in [0.4, 0.5) is 0 Å². The zero-order chi connectivity index (χ0) is 19.9. The third-order valence-corrected chi connectivity index (χ3v) is 4.82. The number of benzene rings is 2. The number of H-pyrrole nitrogens is 1. The molecule has 4 rings (SSSR count). The van der Waals surface area contributed by atoms with Gasteiger partial charge in [-0.05, 0) is 36.6 Å². The van der Waals surface area contributed by atoms with Crippen LogP contribution in [0.1, 0.15) is 17.7 Å². The van der Waals surface area contributed by atoms with Crippen LogP contribution in [0.3, 0.4) is 0 Å². The minimum Gasteiger partial charge on any atom is -0.444 e. The van der Waals surface area contributed by atoms with E-state index in [1.165, 1.54) is 16.5 Å². The maximum absolute atomic E-state index is 5.58. The highest BCUT2D eigenvalue weighted by atomic mass is 127. The standard InChI is InChI=1S/C23H25N5O.HI/c1-24-23(25-13-7-10-18-14-26-21-12-6-5-11-20(18)21)27-15-19-16-29-22(28-19)17-8-3-2-4-9-17;/h2-6,8-9,11-12,14,16,26H,7,10,13,15H2,1H3,(H2,24,25,27);1H. The first-order valence-electron chi connectivity index (χ1n) is 9.83. The lowest BCUT2D eigenvalue weighted by atomic mass is 10.1. The number of rotatable bonds is 7. The average Bonchev–Trinajstić information content (AvgIpc) is 3.41. The number of aromatic nitrogens is 2. The van der Waals surface area contributed by atoms with Gasteiger partial charge in [-0.1, -0.05) is 36.4 Å². The molecule has 2 aromatic heterocycles. The summed E-state index contributed by atoms with van der Waals surface area (Å²) in [6.07, 6.45) is 5.81. The molecule has 156 valence electrons. The number of aryl methyl sites for hydroxylation is 1. The molecule has 3 N–H and O–H groups in total. The summed E-state index contributed by atoms with van der Waals surface area (Å²) < 4.78 is 5.58. The number of halogens is 1. The smallest absolute Gasteiger partial charge is 0.226 e. The van der Waals surface area contributed by atoms with Crippen molar-refractivity contribution in [2.45, 2.75) is 19.4 Å². The first-order valence-corrected chi connectivity index (χ1v) is 9.83. The van der Waals surface area contributed by atoms with E-state index in [2.05, 4.69) is 56.1 Å². The van der Waals surface area contributed by atoms with E-state index in [4.69, 9.17) is 4.42 Å². The van der Waals surface area contributed by atoms with Crippen molar-refractivity contribution in [2.75, 3.05) is 13.6 Å². The summed E-state index contributed by atoms with van der Waals surface area (Å²) in [4.78, 5) is 12.1. The quantitative estimate of drug-likeness (QED) is 0.144. The van der Waals surface area contributed by atoms with Crippen molar-refractivity contribution in [3.8, 4) is 11.5 Å². The summed E-state index contributed by atoms with van der Waals surface area (Å²) in [7, 11) is 1.77. The SMILES string of the molecule is CN=C(NCCCc1c[nH]c2ccccc12)NCc1coc(-c2ccccc2)n1.I. The van der Waals surface area contributed by atoms with Crippen molar-refractivity contribution in [3.63, 3.8) is 0 Å². The van der Waals surface area contributed by atoms with Gasteiger partial charge in [0, 0.05) is 36.3 Å². The third kappa shape index (κ3) is 5.41. The topological polar surface area (TPSA) is 78.2 Å². The van der Waals surface area contributed by atoms with Gasteiger partial charge in [0.25, 0.3) is 0 Å². The Balaban J connectivity index is 0.00000256. The number of hydrogen-bond donors (Lipinski definition) is 3. The number of para-hydroxylation sites is 1. The molecule has 0 atom stereocenters. The van der Waals surface area contributed by atoms with Crippen LogP contribution in [0, 0.1) is 0 Å². The highest BCUT2D eigenvalue weighted by Crippen LogP contribution is 2.19. The van der Waals surface area contributed by atoms with Gasteiger partial charge in [-0.25, -0.2) is 4.98 Å². The molecule has 0 aliphatic rings. The van der Waals surface area contributed by atoms with Crippen LogP contribution < -0.4 is 10.6 Å². The molecule has 30 heavy (non-hydrogen) atoms. The zero-order valence-corrected chi connectivity index (χ0v) is 19.2. The Hall–Kier alpha value is -2.81. The van der Waals surface area contributed by atoms with Crippen molar-refractivity contribution < 1.29 is 4.42 Å². The largest absolute Gasteiger partial charge is 0.444 e. The van der Waals surface area contributed by atoms with E-state index >= 15 is 0 Å². The van der Waals surface area contributed by atoms with E-state index in [9.17, 15) is 0 Å². The molecule has 0 radical (unpaired) electrons. The van der Waals surface area contributed by atoms with Crippen LogP contribution in [0.15, 0.2) is 76.5 Å². The molecule has 0 amide bonds. The van der Waals surface area contributed by atoms with Gasteiger partial charge in [0.2, 0.25) is 5.89 Å². The second-order valence-corrected chi connectivity index (χ2v) is 6.83. The number of fused-ring (bicyclic) bond motifs is 1. The summed E-state index contributed by atoms with van der Waals surface area (Å²) in [6, 6.07) is 18.3. The van der Waals surface area contributed by atoms with Crippen molar-refractivity contribution in [1.29, 1.82) is 0 Å². The molecule has 0 aliphatic heterocycles. The molecule has 6 nitrogen and oxygen atoms in total. The summed E-state index contributed by atoms with van der Waals surface area (Å²) in [5, 5.41) is 7.94. The first kappa shape index (κ1) is 21.9. The number of oxazole rings is 1. The Morgan fingerprint density at radius 3 is 2.70 bits per heavy atom. The van der Waals surface area contributed by atoms with Crippen LogP contribution >= 0.6 is 24.0 Å². The van der Waals surface area contributed by atoms with Crippen LogP contribution in [0.5, 0.6) is 0 Å². The van der Waals surface area contributed by atoms with E-state index in [1.54, 1.807) is 13.3 Å². The molecule has 2 heterocycles. The molecule has 0 unspecified atom stereocenters. The van der Waals surface area contributed by atoms with Crippen molar-refractivity contribution in [1.82, 2.24) is 20.6 Å². The van der Waals surface area contributed by atoms with Gasteiger partial charge in [0.05, 0.1) is 12.2 Å². The zero-order valence-electron chi connectivity index (χ0n) is 16.9. The van der Waals surface area contributed by atoms with Crippen LogP contribution in [0.2, 0.25) is 0 Å². The Morgan fingerprint density at radius 2 is 1.87 bits per heavy atom. The van der Waals surface area contributed by atoms with Crippen molar-refractivity contribution >= 4 is 40.8 Å². The number of guanidine groups is 1. The fourth-order valence-electron chi connectivity index (χ4n) is 3.32. The summed E-state index contributed by atoms with van der Waals surface area (Å²) >= 11 is 0. The molecule has 0 saturated heterocycles. The lowest BCUT2D eigenvalue weighted by Gasteiger charge is -2.10. The van der Waals surface area contributed by atoms with Crippen LogP contribution in [-0.2, 0) is 13.0 Å². The molecule has 0 aliphatic carbocycles. The van der Waals surface area contributed by atoms with E-state index in [0.717, 1.165) is 36.6 Å². The lowest BCUT2D eigenvalue weighted by Crippen LogP contribution is -2.37. The molecule has 4 aromatic rings. The maximum Gasteiger partial charge on any atom is 0.226 e. The van der Waals surface area contributed by atoms with Gasteiger partial charge in [-0.15, -0.1) is 24.0 Å². The minimum absolute atomic E-state index is 0. The predicted molar refractivity (Wildman–Crippen MR) is 132 cm³/mol. The Labute approximate surface area is 193 Å². The number of aromatic amines is 1. The summed E-state index contributed by atoms with van der Waals surface area (Å²) in [5.41, 5.74) is 4.35. The molecule has 0 fully saturated rings. The van der Waals surface area contributed by atoms with Gasteiger partial charge in [-0.3, -0.25) is 4.99 Å². The van der Waals surface area contributed by atoms with E-state index in [-0.39, 0.29) is 24.0 Å². The second-order valence-electron chi connectivity index (χ2n) is 6.83. The summed E-state index contributed by atoms with van der Waals surface area (Å²) in [6.45, 7) is 1.39. The van der Waals surface area contributed by atoms with Crippen LogP contribution in [-0.4, -0.2) is 29.5 Å². The predicted octanol–water partition coefficient (Wildman–Crippen LogP) is 4.74. The molecule has 0 saturated carbocycles.